The predicted octanol–water partition coefficient (Wildman–Crippen LogP) is 3.79. The maximum atomic E-state index is 12.8. The van der Waals surface area contributed by atoms with E-state index in [0.717, 1.165) is 24.8 Å². The Balaban J connectivity index is 1.69. The summed E-state index contributed by atoms with van der Waals surface area (Å²) in [5, 5.41) is 2.93. The highest BCUT2D eigenvalue weighted by Gasteiger charge is 2.33. The average molecular weight is 396 g/mol. The molecule has 0 radical (unpaired) electrons. The van der Waals surface area contributed by atoms with Crippen LogP contribution in [0.1, 0.15) is 42.1 Å². The smallest absolute Gasteiger partial charge is 0.253 e. The van der Waals surface area contributed by atoms with Crippen molar-refractivity contribution >= 4 is 17.5 Å². The van der Waals surface area contributed by atoms with Gasteiger partial charge in [0.1, 0.15) is 0 Å². The number of benzene rings is 2. The molecule has 2 aromatic carbocycles. The maximum absolute atomic E-state index is 12.8. The fourth-order valence-corrected chi connectivity index (χ4v) is 3.11. The molecule has 0 aromatic heterocycles. The lowest BCUT2D eigenvalue weighted by molar-refractivity contribution is -0.119. The summed E-state index contributed by atoms with van der Waals surface area (Å²) in [4.78, 5) is 26.8. The largest absolute Gasteiger partial charge is 0.493 e. The first-order chi connectivity index (χ1) is 14.0. The average Bonchev–Trinajstić information content (AvgIpc) is 3.60. The van der Waals surface area contributed by atoms with E-state index in [4.69, 9.17) is 9.47 Å². The number of amides is 2. The van der Waals surface area contributed by atoms with Crippen molar-refractivity contribution in [3.05, 3.63) is 53.6 Å². The summed E-state index contributed by atoms with van der Waals surface area (Å²) in [7, 11) is 3.33. The van der Waals surface area contributed by atoms with Gasteiger partial charge in [-0.1, -0.05) is 25.1 Å². The molecular formula is C23H28N2O4. The Bertz CT molecular complexity index is 877. The molecule has 0 saturated heterocycles. The van der Waals surface area contributed by atoms with Crippen molar-refractivity contribution in [2.45, 2.75) is 32.7 Å². The second-order valence-electron chi connectivity index (χ2n) is 7.21. The van der Waals surface area contributed by atoms with E-state index in [1.807, 2.05) is 31.2 Å². The summed E-state index contributed by atoms with van der Waals surface area (Å²) < 4.78 is 11.1. The molecule has 0 spiro atoms. The van der Waals surface area contributed by atoms with Crippen molar-refractivity contribution in [3.63, 3.8) is 0 Å². The van der Waals surface area contributed by atoms with E-state index in [1.54, 1.807) is 37.3 Å². The minimum atomic E-state index is -0.221. The van der Waals surface area contributed by atoms with E-state index in [1.165, 1.54) is 0 Å². The number of nitrogens with zero attached hydrogens (tertiary/aromatic N) is 1. The van der Waals surface area contributed by atoms with Gasteiger partial charge < -0.3 is 19.7 Å². The lowest BCUT2D eigenvalue weighted by Crippen LogP contribution is -2.31. The molecule has 1 saturated carbocycles. The van der Waals surface area contributed by atoms with Crippen LogP contribution in [0, 0.1) is 5.92 Å². The minimum Gasteiger partial charge on any atom is -0.493 e. The predicted molar refractivity (Wildman–Crippen MR) is 113 cm³/mol. The molecule has 0 bridgehead atoms. The second-order valence-corrected chi connectivity index (χ2v) is 7.21. The molecule has 6 heteroatoms. The van der Waals surface area contributed by atoms with Crippen molar-refractivity contribution in [3.8, 4) is 11.5 Å². The number of anilines is 1. The molecule has 2 amide bonds. The number of hydrogen-bond donors (Lipinski definition) is 1. The summed E-state index contributed by atoms with van der Waals surface area (Å²) in [6.07, 6.45) is 2.77. The molecule has 29 heavy (non-hydrogen) atoms. The number of carbonyl (C=O) groups is 2. The van der Waals surface area contributed by atoms with Crippen LogP contribution in [-0.4, -0.2) is 32.6 Å². The van der Waals surface area contributed by atoms with Gasteiger partial charge in [-0.25, -0.2) is 0 Å². The van der Waals surface area contributed by atoms with Gasteiger partial charge in [-0.15, -0.1) is 0 Å². The summed E-state index contributed by atoms with van der Waals surface area (Å²) in [6, 6.07) is 12.8. The highest BCUT2D eigenvalue weighted by atomic mass is 16.5. The summed E-state index contributed by atoms with van der Waals surface area (Å²) in [6.45, 7) is 3.01. The Morgan fingerprint density at radius 1 is 1.14 bits per heavy atom. The topological polar surface area (TPSA) is 67.9 Å². The zero-order valence-electron chi connectivity index (χ0n) is 17.2. The molecule has 1 fully saturated rings. The van der Waals surface area contributed by atoms with E-state index in [2.05, 4.69) is 5.32 Å². The first-order valence-electron chi connectivity index (χ1n) is 9.99. The summed E-state index contributed by atoms with van der Waals surface area (Å²) in [5.74, 6) is 1.27. The van der Waals surface area contributed by atoms with Crippen LogP contribution < -0.4 is 19.7 Å². The van der Waals surface area contributed by atoms with E-state index in [9.17, 15) is 9.59 Å². The molecule has 0 atom stereocenters. The molecule has 0 aliphatic heterocycles. The minimum absolute atomic E-state index is 0.0673. The van der Waals surface area contributed by atoms with E-state index in [-0.39, 0.29) is 17.7 Å². The summed E-state index contributed by atoms with van der Waals surface area (Å²) in [5.41, 5.74) is 2.01. The van der Waals surface area contributed by atoms with Crippen molar-refractivity contribution in [2.24, 2.45) is 5.92 Å². The van der Waals surface area contributed by atoms with Crippen molar-refractivity contribution in [1.82, 2.24) is 5.32 Å². The highest BCUT2D eigenvalue weighted by Crippen LogP contribution is 2.33. The third-order valence-electron chi connectivity index (χ3n) is 4.91. The van der Waals surface area contributed by atoms with E-state index >= 15 is 0 Å². The molecule has 2 aromatic rings. The molecular weight excluding hydrogens is 368 g/mol. The Hall–Kier alpha value is -3.02. The first-order valence-corrected chi connectivity index (χ1v) is 9.99. The van der Waals surface area contributed by atoms with Crippen molar-refractivity contribution in [2.75, 3.05) is 25.7 Å². The van der Waals surface area contributed by atoms with Crippen LogP contribution >= 0.6 is 0 Å². The van der Waals surface area contributed by atoms with Crippen LogP contribution in [0.15, 0.2) is 42.5 Å². The number of hydrogen-bond acceptors (Lipinski definition) is 4. The Morgan fingerprint density at radius 3 is 2.59 bits per heavy atom. The zero-order chi connectivity index (χ0) is 20.8. The third-order valence-corrected chi connectivity index (χ3v) is 4.91. The molecule has 0 heterocycles. The van der Waals surface area contributed by atoms with Gasteiger partial charge in [0, 0.05) is 19.5 Å². The van der Waals surface area contributed by atoms with Crippen molar-refractivity contribution < 1.29 is 19.1 Å². The maximum Gasteiger partial charge on any atom is 0.253 e. The number of ether oxygens (including phenoxy) is 2. The highest BCUT2D eigenvalue weighted by molar-refractivity contribution is 6.05. The number of nitrogens with one attached hydrogen (secondary N) is 1. The van der Waals surface area contributed by atoms with Gasteiger partial charge in [0.25, 0.3) is 5.91 Å². The molecule has 6 nitrogen and oxygen atoms in total. The molecule has 154 valence electrons. The Labute approximate surface area is 171 Å². The van der Waals surface area contributed by atoms with Gasteiger partial charge in [-0.2, -0.15) is 0 Å². The van der Waals surface area contributed by atoms with Gasteiger partial charge in [-0.05, 0) is 49.1 Å². The van der Waals surface area contributed by atoms with Crippen LogP contribution in [0.3, 0.4) is 0 Å². The fraction of sp³-hybridized carbons (Fsp3) is 0.391. The zero-order valence-corrected chi connectivity index (χ0v) is 17.2. The number of methoxy groups -OCH3 is 1. The van der Waals surface area contributed by atoms with Crippen LogP contribution in [-0.2, 0) is 11.3 Å². The monoisotopic (exact) mass is 396 g/mol. The third kappa shape index (κ3) is 5.08. The quantitative estimate of drug-likeness (QED) is 0.700. The first kappa shape index (κ1) is 20.7. The van der Waals surface area contributed by atoms with Crippen LogP contribution in [0.2, 0.25) is 0 Å². The molecule has 1 aliphatic rings. The summed E-state index contributed by atoms with van der Waals surface area (Å²) >= 11 is 0. The van der Waals surface area contributed by atoms with Gasteiger partial charge >= 0.3 is 0 Å². The molecule has 1 aliphatic carbocycles. The number of para-hydroxylation sites is 1. The second kappa shape index (κ2) is 9.45. The van der Waals surface area contributed by atoms with E-state index in [0.29, 0.717) is 35.9 Å². The molecule has 3 rings (SSSR count). The fourth-order valence-electron chi connectivity index (χ4n) is 3.11. The number of carbonyl (C=O) groups excluding carboxylic acids is 2. The van der Waals surface area contributed by atoms with Crippen LogP contribution in [0.25, 0.3) is 0 Å². The standard InChI is InChI=1S/C23H28N2O4/c1-4-13-29-20-12-9-16(14-21(20)28-3)15-24-22(26)18-7-5-6-8-19(18)25(2)23(27)17-10-11-17/h5-9,12,14,17H,4,10-11,13,15H2,1-3H3,(H,24,26). The Morgan fingerprint density at radius 2 is 1.90 bits per heavy atom. The van der Waals surface area contributed by atoms with Gasteiger partial charge in [0.05, 0.1) is 25.0 Å². The van der Waals surface area contributed by atoms with Crippen LogP contribution in [0.4, 0.5) is 5.69 Å². The van der Waals surface area contributed by atoms with Gasteiger partial charge in [0.2, 0.25) is 5.91 Å². The molecule has 1 N–H and O–H groups in total. The van der Waals surface area contributed by atoms with Crippen molar-refractivity contribution in [1.29, 1.82) is 0 Å². The van der Waals surface area contributed by atoms with E-state index < -0.39 is 0 Å². The normalized spacial score (nSPS) is 12.9. The SMILES string of the molecule is CCCOc1ccc(CNC(=O)c2ccccc2N(C)C(=O)C2CC2)cc1OC. The van der Waals surface area contributed by atoms with Gasteiger partial charge in [-0.3, -0.25) is 9.59 Å². The number of rotatable bonds is 9. The molecule has 0 unspecified atom stereocenters. The lowest BCUT2D eigenvalue weighted by Gasteiger charge is -2.20. The Kier molecular flexibility index (Phi) is 6.75. The van der Waals surface area contributed by atoms with Crippen LogP contribution in [0.5, 0.6) is 11.5 Å². The lowest BCUT2D eigenvalue weighted by atomic mass is 10.1. The van der Waals surface area contributed by atoms with Gasteiger partial charge in [0.15, 0.2) is 11.5 Å².